The molecule has 11 nitrogen and oxygen atoms in total. The Kier molecular flexibility index (Phi) is 12.7. The number of benzene rings is 4. The molecule has 0 saturated carbocycles. The van der Waals surface area contributed by atoms with E-state index in [1.54, 1.807) is 43.5 Å². The summed E-state index contributed by atoms with van der Waals surface area (Å²) in [5, 5.41) is 21.0. The molecule has 0 bridgehead atoms. The molecule has 1 aliphatic heterocycles. The number of amides is 2. The molecule has 1 saturated heterocycles. The number of aliphatic hydroxyl groups excluding tert-OH is 2. The van der Waals surface area contributed by atoms with Crippen molar-refractivity contribution >= 4 is 23.9 Å². The van der Waals surface area contributed by atoms with Crippen LogP contribution in [0.1, 0.15) is 39.0 Å². The van der Waals surface area contributed by atoms with Gasteiger partial charge in [0, 0.05) is 43.1 Å². The van der Waals surface area contributed by atoms with E-state index < -0.39 is 47.9 Å². The second kappa shape index (κ2) is 18.0. The summed E-state index contributed by atoms with van der Waals surface area (Å²) in [6.45, 7) is -0.135. The average Bonchev–Trinajstić information content (AvgIpc) is 3.63. The normalized spacial score (nSPS) is 19.3. The highest BCUT2D eigenvalue weighted by Crippen LogP contribution is 2.47. The molecular weight excluding hydrogens is 688 g/mol. The van der Waals surface area contributed by atoms with Gasteiger partial charge in [0.25, 0.3) is 0 Å². The predicted molar refractivity (Wildman–Crippen MR) is 201 cm³/mol. The van der Waals surface area contributed by atoms with Crippen LogP contribution in [0.5, 0.6) is 0 Å². The van der Waals surface area contributed by atoms with Gasteiger partial charge >= 0.3 is 5.97 Å². The van der Waals surface area contributed by atoms with Gasteiger partial charge < -0.3 is 39.4 Å². The highest BCUT2D eigenvalue weighted by molar-refractivity contribution is 5.97. The zero-order valence-corrected chi connectivity index (χ0v) is 30.0. The molecule has 54 heavy (non-hydrogen) atoms. The maximum absolute atomic E-state index is 14.4. The second-order valence-corrected chi connectivity index (χ2v) is 13.0. The number of hydrogen-bond donors (Lipinski definition) is 3. The molecule has 1 heterocycles. The minimum absolute atomic E-state index is 0.00155. The van der Waals surface area contributed by atoms with E-state index in [0.29, 0.717) is 11.1 Å². The molecule has 6 rings (SSSR count). The van der Waals surface area contributed by atoms with Gasteiger partial charge in [-0.05, 0) is 35.4 Å². The number of nitrogens with one attached hydrogen (secondary N) is 1. The van der Waals surface area contributed by atoms with Gasteiger partial charge in [0.2, 0.25) is 17.6 Å². The fourth-order valence-corrected chi connectivity index (χ4v) is 6.67. The van der Waals surface area contributed by atoms with Gasteiger partial charge in [-0.3, -0.25) is 9.59 Å². The number of hydrogen-bond acceptors (Lipinski definition) is 9. The Morgan fingerprint density at radius 1 is 0.870 bits per heavy atom. The summed E-state index contributed by atoms with van der Waals surface area (Å²) < 4.78 is 25.1. The molecular formula is C43H44N2O9. The highest BCUT2D eigenvalue weighted by atomic mass is 16.8. The van der Waals surface area contributed by atoms with Crippen LogP contribution in [-0.4, -0.2) is 90.7 Å². The van der Waals surface area contributed by atoms with Crippen molar-refractivity contribution in [1.82, 2.24) is 10.2 Å². The first-order valence-electron chi connectivity index (χ1n) is 17.9. The Bertz CT molecular complexity index is 1880. The monoisotopic (exact) mass is 732 g/mol. The molecule has 4 aromatic rings. The first kappa shape index (κ1) is 38.1. The number of nitrogens with zero attached hydrogens (tertiary/aromatic N) is 1. The molecule has 4 unspecified atom stereocenters. The Hall–Kier alpha value is -5.59. The number of rotatable bonds is 15. The number of carbonyl (C=O) groups excluding carboxylic acids is 3. The van der Waals surface area contributed by atoms with Crippen molar-refractivity contribution in [1.29, 1.82) is 0 Å². The fraction of sp³-hybridized carbons (Fsp3) is 0.279. The Morgan fingerprint density at radius 3 is 2.11 bits per heavy atom. The summed E-state index contributed by atoms with van der Waals surface area (Å²) in [6.07, 6.45) is 2.57. The van der Waals surface area contributed by atoms with Crippen LogP contribution >= 0.6 is 0 Å². The third kappa shape index (κ3) is 8.78. The number of carbonyl (C=O) groups is 3. The Morgan fingerprint density at radius 2 is 1.50 bits per heavy atom. The molecule has 1 aliphatic carbocycles. The van der Waals surface area contributed by atoms with Crippen LogP contribution in [0.25, 0.3) is 6.08 Å². The smallest absolute Gasteiger partial charge is 0.338 e. The summed E-state index contributed by atoms with van der Waals surface area (Å²) in [4.78, 5) is 43.0. The quantitative estimate of drug-likeness (QED) is 0.0922. The molecule has 11 heteroatoms. The number of aliphatic hydroxyl groups is 2. The lowest BCUT2D eigenvalue weighted by Crippen LogP contribution is -2.51. The van der Waals surface area contributed by atoms with Gasteiger partial charge in [0.15, 0.2) is 0 Å². The van der Waals surface area contributed by atoms with Gasteiger partial charge in [-0.2, -0.15) is 0 Å². The van der Waals surface area contributed by atoms with Crippen molar-refractivity contribution < 1.29 is 43.5 Å². The number of esters is 1. The van der Waals surface area contributed by atoms with E-state index >= 15 is 0 Å². The minimum Gasteiger partial charge on any atom is -0.499 e. The first-order chi connectivity index (χ1) is 26.3. The lowest BCUT2D eigenvalue weighted by molar-refractivity contribution is -0.157. The van der Waals surface area contributed by atoms with Crippen LogP contribution in [0.4, 0.5) is 0 Å². The zero-order valence-electron chi connectivity index (χ0n) is 30.0. The minimum atomic E-state index is -1.38. The lowest BCUT2D eigenvalue weighted by Gasteiger charge is -2.33. The van der Waals surface area contributed by atoms with Crippen LogP contribution in [0, 0.1) is 0 Å². The molecule has 0 spiro atoms. The Labute approximate surface area is 314 Å². The van der Waals surface area contributed by atoms with Crippen LogP contribution in [0.2, 0.25) is 0 Å². The standard InChI is InChI=1S/C43H44N2O9/c1-45(36(40(48)44-22-23-46)27-31-11-5-2-6-12-31)41(49)33-28-37(52-42(50)32-19-17-30(18-20-32)21-25-51-26-24-47)39-38(29-33)53-43(54-39,34-13-7-3-8-14-34)35-15-9-4-10-16-35/h2-21,25,29,36-39,46-47H,22-24,26-28H2,1H3,(H,44,48). The van der Waals surface area contributed by atoms with Crippen molar-refractivity contribution in [3.05, 3.63) is 161 Å². The summed E-state index contributed by atoms with van der Waals surface area (Å²) in [7, 11) is 1.57. The van der Waals surface area contributed by atoms with E-state index in [4.69, 9.17) is 24.1 Å². The molecule has 4 atom stereocenters. The fourth-order valence-electron chi connectivity index (χ4n) is 6.67. The van der Waals surface area contributed by atoms with Crippen molar-refractivity contribution in [2.75, 3.05) is 33.4 Å². The molecule has 4 aromatic carbocycles. The summed E-state index contributed by atoms with van der Waals surface area (Å²) in [5.41, 5.74) is 3.67. The van der Waals surface area contributed by atoms with Crippen molar-refractivity contribution in [3.63, 3.8) is 0 Å². The maximum atomic E-state index is 14.4. The topological polar surface area (TPSA) is 144 Å². The van der Waals surface area contributed by atoms with Crippen LogP contribution in [-0.2, 0) is 40.7 Å². The predicted octanol–water partition coefficient (Wildman–Crippen LogP) is 4.39. The zero-order chi connectivity index (χ0) is 37.9. The molecule has 1 fully saturated rings. The molecule has 2 amide bonds. The third-order valence-corrected chi connectivity index (χ3v) is 9.41. The lowest BCUT2D eigenvalue weighted by atomic mass is 9.90. The summed E-state index contributed by atoms with van der Waals surface area (Å²) in [6, 6.07) is 34.2. The molecule has 3 N–H and O–H groups in total. The van der Waals surface area contributed by atoms with E-state index in [9.17, 15) is 19.5 Å². The first-order valence-corrected chi connectivity index (χ1v) is 17.9. The van der Waals surface area contributed by atoms with Gasteiger partial charge in [0.05, 0.1) is 25.0 Å². The maximum Gasteiger partial charge on any atom is 0.338 e. The summed E-state index contributed by atoms with van der Waals surface area (Å²) in [5.74, 6) is -2.84. The van der Waals surface area contributed by atoms with Crippen LogP contribution < -0.4 is 5.32 Å². The van der Waals surface area contributed by atoms with Gasteiger partial charge in [-0.25, -0.2) is 4.79 Å². The highest BCUT2D eigenvalue weighted by Gasteiger charge is 2.55. The van der Waals surface area contributed by atoms with E-state index in [1.165, 1.54) is 11.2 Å². The van der Waals surface area contributed by atoms with E-state index in [1.807, 2.05) is 91.0 Å². The molecule has 2 aliphatic rings. The number of fused-ring (bicyclic) bond motifs is 1. The van der Waals surface area contributed by atoms with Gasteiger partial charge in [-0.15, -0.1) is 0 Å². The number of likely N-dealkylation sites (N-methyl/N-ethyl adjacent to an activating group) is 1. The largest absolute Gasteiger partial charge is 0.499 e. The summed E-state index contributed by atoms with van der Waals surface area (Å²) >= 11 is 0. The third-order valence-electron chi connectivity index (χ3n) is 9.41. The molecule has 280 valence electrons. The van der Waals surface area contributed by atoms with E-state index in [-0.39, 0.29) is 39.2 Å². The SMILES string of the molecule is CN(C(=O)C1=CC2OC(c3ccccc3)(c3ccccc3)OC2C(OC(=O)c2ccc(C=COCCO)cc2)C1)C(Cc1ccccc1)C(=O)NCCO. The van der Waals surface area contributed by atoms with Gasteiger partial charge in [0.1, 0.15) is 31.0 Å². The van der Waals surface area contributed by atoms with Crippen molar-refractivity contribution in [3.8, 4) is 0 Å². The van der Waals surface area contributed by atoms with Crippen molar-refractivity contribution in [2.24, 2.45) is 0 Å². The Balaban J connectivity index is 1.33. The number of ether oxygens (including phenoxy) is 4. The molecule has 0 aromatic heterocycles. The van der Waals surface area contributed by atoms with Crippen LogP contribution in [0.3, 0.4) is 0 Å². The van der Waals surface area contributed by atoms with E-state index in [2.05, 4.69) is 5.32 Å². The second-order valence-electron chi connectivity index (χ2n) is 13.0. The van der Waals surface area contributed by atoms with Crippen molar-refractivity contribution in [2.45, 2.75) is 43.0 Å². The van der Waals surface area contributed by atoms with Crippen LogP contribution in [0.15, 0.2) is 133 Å². The average molecular weight is 733 g/mol. The van der Waals surface area contributed by atoms with E-state index in [0.717, 1.165) is 22.3 Å². The molecule has 0 radical (unpaired) electrons. The van der Waals surface area contributed by atoms with Gasteiger partial charge in [-0.1, -0.05) is 103 Å².